The molecule has 0 unspecified atom stereocenters. The second-order valence-electron chi connectivity index (χ2n) is 5.72. The van der Waals surface area contributed by atoms with Gasteiger partial charge >= 0.3 is 0 Å². The molecule has 0 bridgehead atoms. The Labute approximate surface area is 120 Å². The van der Waals surface area contributed by atoms with E-state index < -0.39 is 0 Å². The molecule has 19 heavy (non-hydrogen) atoms. The lowest BCUT2D eigenvalue weighted by molar-refractivity contribution is 0.590. The van der Waals surface area contributed by atoms with E-state index in [1.54, 1.807) is 11.8 Å². The van der Waals surface area contributed by atoms with Gasteiger partial charge in [-0.15, -0.1) is 0 Å². The van der Waals surface area contributed by atoms with Crippen LogP contribution in [0.25, 0.3) is 0 Å². The average molecular weight is 271 g/mol. The van der Waals surface area contributed by atoms with Crippen molar-refractivity contribution in [1.82, 2.24) is 0 Å². The van der Waals surface area contributed by atoms with Crippen LogP contribution in [0.2, 0.25) is 0 Å². The van der Waals surface area contributed by atoms with E-state index in [-0.39, 0.29) is 5.41 Å². The Morgan fingerprint density at radius 1 is 0.842 bits per heavy atom. The summed E-state index contributed by atoms with van der Waals surface area (Å²) in [6.45, 7) is 7.31. The van der Waals surface area contributed by atoms with Crippen molar-refractivity contribution in [2.45, 2.75) is 42.5 Å². The third-order valence-electron chi connectivity index (χ3n) is 3.12. The second-order valence-corrected chi connectivity index (χ2v) is 6.87. The molecule has 0 radical (unpaired) electrons. The van der Waals surface area contributed by atoms with Gasteiger partial charge in [-0.1, -0.05) is 56.8 Å². The highest BCUT2D eigenvalue weighted by atomic mass is 32.2. The van der Waals surface area contributed by atoms with Crippen molar-refractivity contribution in [3.8, 4) is 0 Å². The second kappa shape index (κ2) is 5.81. The first-order chi connectivity index (χ1) is 8.99. The average Bonchev–Trinajstić information content (AvgIpc) is 2.39. The van der Waals surface area contributed by atoms with Gasteiger partial charge in [-0.25, -0.2) is 0 Å². The maximum absolute atomic E-state index is 5.60. The Morgan fingerprint density at radius 3 is 1.74 bits per heavy atom. The maximum Gasteiger partial charge on any atom is 0.0178 e. The summed E-state index contributed by atoms with van der Waals surface area (Å²) in [5, 5.41) is 0. The maximum atomic E-state index is 5.60. The first kappa shape index (κ1) is 14.2. The van der Waals surface area contributed by atoms with Gasteiger partial charge in [0, 0.05) is 16.3 Å². The van der Waals surface area contributed by atoms with Gasteiger partial charge in [-0.3, -0.25) is 0 Å². The molecule has 100 valence electrons. The van der Waals surface area contributed by atoms with Crippen LogP contribution in [0.3, 0.4) is 0 Å². The zero-order chi connectivity index (χ0) is 13.9. The van der Waals surface area contributed by atoms with E-state index >= 15 is 0 Å². The minimum atomic E-state index is 0.214. The predicted molar refractivity (Wildman–Crippen MR) is 83.6 cm³/mol. The first-order valence-corrected chi connectivity index (χ1v) is 7.38. The Kier molecular flexibility index (Phi) is 4.33. The standard InChI is InChI=1S/C17H21NS/c1-17(2,3)14-6-10-16(11-7-14)19-15-8-4-13(12-18)5-9-15/h4-11H,12,18H2,1-3H3. The number of rotatable bonds is 3. The summed E-state index contributed by atoms with van der Waals surface area (Å²) in [5.74, 6) is 0. The van der Waals surface area contributed by atoms with Crippen molar-refractivity contribution in [3.63, 3.8) is 0 Å². The number of nitrogens with two attached hydrogens (primary N) is 1. The molecule has 1 nitrogen and oxygen atoms in total. The molecule has 0 saturated carbocycles. The molecular formula is C17H21NS. The lowest BCUT2D eigenvalue weighted by atomic mass is 9.87. The first-order valence-electron chi connectivity index (χ1n) is 6.56. The zero-order valence-electron chi connectivity index (χ0n) is 11.8. The molecule has 0 aliphatic carbocycles. The van der Waals surface area contributed by atoms with Crippen LogP contribution >= 0.6 is 11.8 Å². The normalized spacial score (nSPS) is 11.6. The third-order valence-corrected chi connectivity index (χ3v) is 4.13. The van der Waals surface area contributed by atoms with E-state index in [1.807, 2.05) is 0 Å². The molecule has 2 aromatic rings. The van der Waals surface area contributed by atoms with Crippen LogP contribution in [0, 0.1) is 0 Å². The smallest absolute Gasteiger partial charge is 0.0178 e. The molecule has 2 N–H and O–H groups in total. The third kappa shape index (κ3) is 3.85. The molecule has 0 aliphatic rings. The Morgan fingerprint density at radius 2 is 1.32 bits per heavy atom. The van der Waals surface area contributed by atoms with Crippen molar-refractivity contribution in [2.24, 2.45) is 5.73 Å². The summed E-state index contributed by atoms with van der Waals surface area (Å²) in [7, 11) is 0. The molecule has 2 rings (SSSR count). The molecule has 0 spiro atoms. The van der Waals surface area contributed by atoms with Gasteiger partial charge < -0.3 is 5.73 Å². The predicted octanol–water partition coefficient (Wildman–Crippen LogP) is 4.59. The van der Waals surface area contributed by atoms with Gasteiger partial charge in [-0.05, 0) is 40.8 Å². The highest BCUT2D eigenvalue weighted by Gasteiger charge is 2.12. The number of hydrogen-bond donors (Lipinski definition) is 1. The van der Waals surface area contributed by atoms with Crippen LogP contribution in [0.1, 0.15) is 31.9 Å². The SMILES string of the molecule is CC(C)(C)c1ccc(Sc2ccc(CN)cc2)cc1. The molecule has 0 heterocycles. The van der Waals surface area contributed by atoms with Crippen molar-refractivity contribution in [2.75, 3.05) is 0 Å². The molecule has 0 amide bonds. The molecule has 2 aromatic carbocycles. The van der Waals surface area contributed by atoms with Gasteiger partial charge in [0.1, 0.15) is 0 Å². The van der Waals surface area contributed by atoms with Crippen LogP contribution in [0.4, 0.5) is 0 Å². The quantitative estimate of drug-likeness (QED) is 0.883. The fraction of sp³-hybridized carbons (Fsp3) is 0.294. The lowest BCUT2D eigenvalue weighted by Gasteiger charge is -2.19. The van der Waals surface area contributed by atoms with Crippen molar-refractivity contribution in [3.05, 3.63) is 59.7 Å². The summed E-state index contributed by atoms with van der Waals surface area (Å²) in [6.07, 6.45) is 0. The zero-order valence-corrected chi connectivity index (χ0v) is 12.6. The van der Waals surface area contributed by atoms with Gasteiger partial charge in [0.05, 0.1) is 0 Å². The van der Waals surface area contributed by atoms with Crippen LogP contribution in [0.15, 0.2) is 58.3 Å². The Balaban J connectivity index is 2.10. The summed E-state index contributed by atoms with van der Waals surface area (Å²) in [4.78, 5) is 2.52. The Bertz CT molecular complexity index is 521. The largest absolute Gasteiger partial charge is 0.326 e. The highest BCUT2D eigenvalue weighted by Crippen LogP contribution is 2.30. The van der Waals surface area contributed by atoms with Crippen LogP contribution in [0.5, 0.6) is 0 Å². The molecule has 0 fully saturated rings. The van der Waals surface area contributed by atoms with Gasteiger partial charge in [0.15, 0.2) is 0 Å². The molecular weight excluding hydrogens is 250 g/mol. The number of benzene rings is 2. The van der Waals surface area contributed by atoms with Crippen LogP contribution in [-0.2, 0) is 12.0 Å². The molecule has 0 saturated heterocycles. The number of hydrogen-bond acceptors (Lipinski definition) is 2. The monoisotopic (exact) mass is 271 g/mol. The van der Waals surface area contributed by atoms with E-state index in [4.69, 9.17) is 5.73 Å². The van der Waals surface area contributed by atoms with E-state index in [0.717, 1.165) is 0 Å². The van der Waals surface area contributed by atoms with Gasteiger partial charge in [0.25, 0.3) is 0 Å². The lowest BCUT2D eigenvalue weighted by Crippen LogP contribution is -2.10. The van der Waals surface area contributed by atoms with Crippen molar-refractivity contribution in [1.29, 1.82) is 0 Å². The minimum Gasteiger partial charge on any atom is -0.326 e. The summed E-state index contributed by atoms with van der Waals surface area (Å²) >= 11 is 1.79. The topological polar surface area (TPSA) is 26.0 Å². The summed E-state index contributed by atoms with van der Waals surface area (Å²) < 4.78 is 0. The molecule has 2 heteroatoms. The van der Waals surface area contributed by atoms with E-state index in [2.05, 4.69) is 69.3 Å². The fourth-order valence-corrected chi connectivity index (χ4v) is 2.67. The summed E-state index contributed by atoms with van der Waals surface area (Å²) in [5.41, 5.74) is 8.36. The molecule has 0 aromatic heterocycles. The summed E-state index contributed by atoms with van der Waals surface area (Å²) in [6, 6.07) is 17.3. The molecule has 0 atom stereocenters. The Hall–Kier alpha value is -1.25. The fourth-order valence-electron chi connectivity index (χ4n) is 1.85. The van der Waals surface area contributed by atoms with Crippen molar-refractivity contribution < 1.29 is 0 Å². The van der Waals surface area contributed by atoms with Crippen molar-refractivity contribution >= 4 is 11.8 Å². The minimum absolute atomic E-state index is 0.214. The van der Waals surface area contributed by atoms with E-state index in [9.17, 15) is 0 Å². The van der Waals surface area contributed by atoms with Crippen LogP contribution in [-0.4, -0.2) is 0 Å². The van der Waals surface area contributed by atoms with E-state index in [1.165, 1.54) is 20.9 Å². The van der Waals surface area contributed by atoms with Gasteiger partial charge in [0.2, 0.25) is 0 Å². The van der Waals surface area contributed by atoms with Gasteiger partial charge in [-0.2, -0.15) is 0 Å². The molecule has 0 aliphatic heterocycles. The highest BCUT2D eigenvalue weighted by molar-refractivity contribution is 7.99. The van der Waals surface area contributed by atoms with E-state index in [0.29, 0.717) is 6.54 Å². The van der Waals surface area contributed by atoms with Crippen LogP contribution < -0.4 is 5.73 Å².